The molecule has 1 aliphatic heterocycles. The molecule has 2 heterocycles. The van der Waals surface area contributed by atoms with E-state index in [1.54, 1.807) is 16.7 Å². The van der Waals surface area contributed by atoms with Gasteiger partial charge in [0.15, 0.2) is 0 Å². The zero-order valence-corrected chi connectivity index (χ0v) is 21.8. The first kappa shape index (κ1) is 26.3. The number of benzene rings is 2. The summed E-state index contributed by atoms with van der Waals surface area (Å²) in [5.74, 6) is 0.402. The summed E-state index contributed by atoms with van der Waals surface area (Å²) in [5, 5.41) is 13.8. The normalized spacial score (nSPS) is 16.5. The van der Waals surface area contributed by atoms with Gasteiger partial charge in [0.05, 0.1) is 6.10 Å². The van der Waals surface area contributed by atoms with Crippen LogP contribution in [0.25, 0.3) is 0 Å². The molecule has 192 valence electrons. The van der Waals surface area contributed by atoms with Gasteiger partial charge in [-0.15, -0.1) is 0 Å². The van der Waals surface area contributed by atoms with Crippen molar-refractivity contribution in [2.45, 2.75) is 50.7 Å². The molecule has 0 bridgehead atoms. The highest BCUT2D eigenvalue weighted by Crippen LogP contribution is 2.29. The van der Waals surface area contributed by atoms with E-state index in [1.165, 1.54) is 5.56 Å². The van der Waals surface area contributed by atoms with Gasteiger partial charge in [-0.1, -0.05) is 48.5 Å². The predicted molar refractivity (Wildman–Crippen MR) is 144 cm³/mol. The van der Waals surface area contributed by atoms with E-state index in [1.807, 2.05) is 54.6 Å². The summed E-state index contributed by atoms with van der Waals surface area (Å²) in [6.07, 6.45) is 5.10. The predicted octanol–water partition coefficient (Wildman–Crippen LogP) is 4.26. The summed E-state index contributed by atoms with van der Waals surface area (Å²) >= 11 is 0. The number of anilines is 1. The Morgan fingerprint density at radius 1 is 1.03 bits per heavy atom. The van der Waals surface area contributed by atoms with E-state index in [2.05, 4.69) is 41.0 Å². The topological polar surface area (TPSA) is 94.6 Å². The maximum atomic E-state index is 13.0. The third-order valence-corrected chi connectivity index (χ3v) is 8.29. The highest BCUT2D eigenvalue weighted by molar-refractivity contribution is 7.90. The maximum Gasteiger partial charge on any atom is 0.301 e. The molecule has 3 aromatic rings. The summed E-state index contributed by atoms with van der Waals surface area (Å²) in [4.78, 5) is 4.06. The monoisotopic (exact) mass is 508 g/mol. The van der Waals surface area contributed by atoms with Crippen molar-refractivity contribution in [1.82, 2.24) is 14.6 Å². The summed E-state index contributed by atoms with van der Waals surface area (Å²) in [7, 11) is -3.60. The fourth-order valence-corrected chi connectivity index (χ4v) is 5.95. The van der Waals surface area contributed by atoms with Crippen LogP contribution in [0.5, 0.6) is 0 Å². The highest BCUT2D eigenvalue weighted by atomic mass is 32.2. The van der Waals surface area contributed by atoms with E-state index >= 15 is 0 Å². The van der Waals surface area contributed by atoms with Crippen molar-refractivity contribution in [2.24, 2.45) is 0 Å². The molecule has 1 fully saturated rings. The summed E-state index contributed by atoms with van der Waals surface area (Å²) < 4.78 is 30.2. The number of β-amino-alcohol motifs (C(OH)–C–C–N with tert-alkyl or cyclic N) is 1. The molecular formula is C28H36N4O3S. The largest absolute Gasteiger partial charge is 0.387 e. The molecule has 3 N–H and O–H groups in total. The molecular weight excluding hydrogens is 472 g/mol. The Kier molecular flexibility index (Phi) is 8.41. The number of nitrogens with one attached hydrogen (secondary N) is 2. The van der Waals surface area contributed by atoms with Gasteiger partial charge in [0.1, 0.15) is 0 Å². The summed E-state index contributed by atoms with van der Waals surface area (Å²) in [5.41, 5.74) is 3.44. The number of hydrogen-bond donors (Lipinski definition) is 3. The minimum atomic E-state index is -3.60. The van der Waals surface area contributed by atoms with Crippen LogP contribution in [0, 0.1) is 0 Å². The molecule has 36 heavy (non-hydrogen) atoms. The zero-order valence-electron chi connectivity index (χ0n) is 21.0. The number of piperidine rings is 1. The van der Waals surface area contributed by atoms with Crippen LogP contribution in [0.15, 0.2) is 79.1 Å². The average molecular weight is 509 g/mol. The molecule has 1 aliphatic rings. The van der Waals surface area contributed by atoms with Crippen LogP contribution < -0.4 is 10.0 Å². The number of pyridine rings is 1. The van der Waals surface area contributed by atoms with E-state index in [9.17, 15) is 13.5 Å². The van der Waals surface area contributed by atoms with Crippen molar-refractivity contribution >= 4 is 15.9 Å². The van der Waals surface area contributed by atoms with Gasteiger partial charge in [0, 0.05) is 48.8 Å². The van der Waals surface area contributed by atoms with Crippen LogP contribution in [0.4, 0.5) is 5.69 Å². The van der Waals surface area contributed by atoms with Crippen LogP contribution in [0.2, 0.25) is 0 Å². The zero-order chi connectivity index (χ0) is 25.6. The maximum absolute atomic E-state index is 13.0. The number of aliphatic hydroxyl groups is 1. The van der Waals surface area contributed by atoms with E-state index < -0.39 is 16.3 Å². The Balaban J connectivity index is 1.28. The second-order valence-electron chi connectivity index (χ2n) is 10.1. The molecule has 0 aliphatic carbocycles. The van der Waals surface area contributed by atoms with E-state index in [4.69, 9.17) is 0 Å². The molecule has 1 atom stereocenters. The van der Waals surface area contributed by atoms with Gasteiger partial charge in [-0.2, -0.15) is 12.7 Å². The second-order valence-corrected chi connectivity index (χ2v) is 11.8. The molecule has 0 unspecified atom stereocenters. The van der Waals surface area contributed by atoms with Crippen molar-refractivity contribution in [3.05, 3.63) is 95.8 Å². The van der Waals surface area contributed by atoms with Gasteiger partial charge < -0.3 is 10.4 Å². The Bertz CT molecular complexity index is 1190. The Morgan fingerprint density at radius 3 is 2.36 bits per heavy atom. The SMILES string of the molecule is CC(C)(Cc1ccc(NS(=O)(=O)N2CCC(c3ccccc3)CC2)cc1)NC[C@@H](O)c1cccnc1. The highest BCUT2D eigenvalue weighted by Gasteiger charge is 2.28. The Hall–Kier alpha value is -2.78. The van der Waals surface area contributed by atoms with Gasteiger partial charge in [-0.3, -0.25) is 9.71 Å². The molecule has 8 heteroatoms. The minimum absolute atomic E-state index is 0.257. The van der Waals surface area contributed by atoms with E-state index in [0.29, 0.717) is 31.2 Å². The lowest BCUT2D eigenvalue weighted by Crippen LogP contribution is -2.43. The minimum Gasteiger partial charge on any atom is -0.387 e. The van der Waals surface area contributed by atoms with Gasteiger partial charge >= 0.3 is 10.2 Å². The second kappa shape index (κ2) is 11.5. The quantitative estimate of drug-likeness (QED) is 0.380. The van der Waals surface area contributed by atoms with Crippen molar-refractivity contribution < 1.29 is 13.5 Å². The van der Waals surface area contributed by atoms with E-state index in [-0.39, 0.29) is 5.54 Å². The van der Waals surface area contributed by atoms with Gasteiger partial charge in [-0.05, 0) is 68.4 Å². The average Bonchev–Trinajstić information content (AvgIpc) is 2.89. The lowest BCUT2D eigenvalue weighted by Gasteiger charge is -2.31. The van der Waals surface area contributed by atoms with Crippen LogP contribution in [0.1, 0.15) is 55.4 Å². The van der Waals surface area contributed by atoms with Crippen LogP contribution in [-0.4, -0.2) is 48.0 Å². The van der Waals surface area contributed by atoms with Crippen molar-refractivity contribution in [2.75, 3.05) is 24.4 Å². The van der Waals surface area contributed by atoms with Crippen molar-refractivity contribution in [3.8, 4) is 0 Å². The third-order valence-electron chi connectivity index (χ3n) is 6.75. The van der Waals surface area contributed by atoms with Gasteiger partial charge in [-0.25, -0.2) is 0 Å². The summed E-state index contributed by atoms with van der Waals surface area (Å²) in [6, 6.07) is 21.5. The number of aliphatic hydroxyl groups excluding tert-OH is 1. The molecule has 0 amide bonds. The number of rotatable bonds is 10. The number of aromatic nitrogens is 1. The van der Waals surface area contributed by atoms with Gasteiger partial charge in [0.2, 0.25) is 0 Å². The number of hydrogen-bond acceptors (Lipinski definition) is 5. The molecule has 4 rings (SSSR count). The lowest BCUT2D eigenvalue weighted by atomic mass is 9.90. The Labute approximate surface area is 214 Å². The molecule has 7 nitrogen and oxygen atoms in total. The first-order valence-electron chi connectivity index (χ1n) is 12.5. The fraction of sp³-hybridized carbons (Fsp3) is 0.393. The molecule has 1 aromatic heterocycles. The van der Waals surface area contributed by atoms with Crippen LogP contribution in [0.3, 0.4) is 0 Å². The Morgan fingerprint density at radius 2 is 1.72 bits per heavy atom. The van der Waals surface area contributed by atoms with Gasteiger partial charge in [0.25, 0.3) is 0 Å². The standard InChI is InChI=1S/C28H36N4O3S/c1-28(2,30-21-27(33)25-9-6-16-29-20-25)19-22-10-12-26(13-11-22)31-36(34,35)32-17-14-24(15-18-32)23-7-4-3-5-8-23/h3-13,16,20,24,27,30-31,33H,14-15,17-19,21H2,1-2H3/t27-/m1/s1. The number of nitrogens with zero attached hydrogens (tertiary/aromatic N) is 2. The van der Waals surface area contributed by atoms with Crippen LogP contribution in [-0.2, 0) is 16.6 Å². The molecule has 2 aromatic carbocycles. The van der Waals surface area contributed by atoms with Crippen LogP contribution >= 0.6 is 0 Å². The molecule has 0 spiro atoms. The fourth-order valence-electron chi connectivity index (χ4n) is 4.70. The third kappa shape index (κ3) is 7.13. The molecule has 1 saturated heterocycles. The lowest BCUT2D eigenvalue weighted by molar-refractivity contribution is 0.160. The first-order valence-corrected chi connectivity index (χ1v) is 13.9. The molecule has 0 radical (unpaired) electrons. The van der Waals surface area contributed by atoms with Crippen molar-refractivity contribution in [1.29, 1.82) is 0 Å². The first-order chi connectivity index (χ1) is 17.2. The van der Waals surface area contributed by atoms with Crippen molar-refractivity contribution in [3.63, 3.8) is 0 Å². The summed E-state index contributed by atoms with van der Waals surface area (Å²) in [6.45, 7) is 5.60. The smallest absolute Gasteiger partial charge is 0.301 e. The molecule has 0 saturated carbocycles. The van der Waals surface area contributed by atoms with E-state index in [0.717, 1.165) is 30.4 Å².